The molecular formula is C13H20N2O4. The van der Waals surface area contributed by atoms with Crippen LogP contribution in [0, 0.1) is 10.1 Å². The van der Waals surface area contributed by atoms with Crippen LogP contribution in [0.1, 0.15) is 18.9 Å². The number of nitrogens with one attached hydrogen (secondary N) is 1. The second-order valence-corrected chi connectivity index (χ2v) is 4.07. The summed E-state index contributed by atoms with van der Waals surface area (Å²) in [5.74, 6) is 0.659. The molecule has 0 saturated heterocycles. The molecule has 0 fully saturated rings. The van der Waals surface area contributed by atoms with Crippen LogP contribution in [0.3, 0.4) is 0 Å². The van der Waals surface area contributed by atoms with E-state index >= 15 is 0 Å². The third-order valence-electron chi connectivity index (χ3n) is 2.54. The summed E-state index contributed by atoms with van der Waals surface area (Å²) in [7, 11) is 1.60. The molecule has 0 radical (unpaired) electrons. The van der Waals surface area contributed by atoms with E-state index in [0.717, 1.165) is 18.5 Å². The molecule has 0 aliphatic heterocycles. The van der Waals surface area contributed by atoms with E-state index in [1.807, 2.05) is 0 Å². The van der Waals surface area contributed by atoms with E-state index in [1.54, 1.807) is 19.2 Å². The predicted octanol–water partition coefficient (Wildman–Crippen LogP) is 2.12. The molecule has 1 aromatic carbocycles. The highest BCUT2D eigenvalue weighted by molar-refractivity contribution is 5.43. The van der Waals surface area contributed by atoms with Crippen LogP contribution in [-0.4, -0.2) is 31.8 Å². The number of non-ortho nitro benzene ring substituents is 1. The van der Waals surface area contributed by atoms with Gasteiger partial charge in [-0.2, -0.15) is 0 Å². The fourth-order valence-corrected chi connectivity index (χ4v) is 1.59. The molecule has 0 aromatic heterocycles. The average Bonchev–Trinajstić information content (AvgIpc) is 2.40. The molecule has 0 saturated carbocycles. The Morgan fingerprint density at radius 1 is 1.37 bits per heavy atom. The van der Waals surface area contributed by atoms with Gasteiger partial charge in [0.05, 0.1) is 11.5 Å². The maximum absolute atomic E-state index is 10.8. The normalized spacial score (nSPS) is 10.4. The first-order valence-corrected chi connectivity index (χ1v) is 6.28. The maximum Gasteiger partial charge on any atom is 0.270 e. The number of ether oxygens (including phenoxy) is 2. The predicted molar refractivity (Wildman–Crippen MR) is 72.5 cm³/mol. The van der Waals surface area contributed by atoms with Crippen molar-refractivity contribution < 1.29 is 14.4 Å². The van der Waals surface area contributed by atoms with Crippen molar-refractivity contribution in [1.82, 2.24) is 5.32 Å². The van der Waals surface area contributed by atoms with Crippen molar-refractivity contribution in [2.24, 2.45) is 0 Å². The van der Waals surface area contributed by atoms with Gasteiger partial charge in [0.15, 0.2) is 0 Å². The first kappa shape index (κ1) is 15.4. The van der Waals surface area contributed by atoms with Gasteiger partial charge in [-0.25, -0.2) is 0 Å². The first-order valence-electron chi connectivity index (χ1n) is 6.28. The van der Waals surface area contributed by atoms with Crippen LogP contribution >= 0.6 is 0 Å². The summed E-state index contributed by atoms with van der Waals surface area (Å²) in [5.41, 5.74) is 0.867. The summed E-state index contributed by atoms with van der Waals surface area (Å²) in [6.45, 7) is 4.39. The van der Waals surface area contributed by atoms with Gasteiger partial charge >= 0.3 is 0 Å². The molecule has 6 nitrogen and oxygen atoms in total. The topological polar surface area (TPSA) is 73.6 Å². The second kappa shape index (κ2) is 8.44. The molecule has 0 unspecified atom stereocenters. The molecule has 0 amide bonds. The largest absolute Gasteiger partial charge is 0.491 e. The van der Waals surface area contributed by atoms with Crippen molar-refractivity contribution in [2.75, 3.05) is 26.9 Å². The summed E-state index contributed by atoms with van der Waals surface area (Å²) in [5, 5.41) is 14.0. The molecule has 0 atom stereocenters. The molecule has 0 heterocycles. The van der Waals surface area contributed by atoms with E-state index < -0.39 is 4.92 Å². The Morgan fingerprint density at radius 3 is 2.79 bits per heavy atom. The Hall–Kier alpha value is -1.66. The van der Waals surface area contributed by atoms with E-state index in [9.17, 15) is 10.1 Å². The Morgan fingerprint density at radius 2 is 2.16 bits per heavy atom. The number of rotatable bonds is 9. The molecule has 0 aliphatic rings. The molecule has 1 aromatic rings. The van der Waals surface area contributed by atoms with Crippen LogP contribution in [0.4, 0.5) is 5.69 Å². The van der Waals surface area contributed by atoms with Gasteiger partial charge in [0.25, 0.3) is 5.69 Å². The quantitative estimate of drug-likeness (QED) is 0.422. The zero-order chi connectivity index (χ0) is 14.1. The van der Waals surface area contributed by atoms with Gasteiger partial charge < -0.3 is 14.8 Å². The number of methoxy groups -OCH3 is 1. The van der Waals surface area contributed by atoms with Crippen LogP contribution < -0.4 is 10.1 Å². The van der Waals surface area contributed by atoms with Crippen molar-refractivity contribution in [3.05, 3.63) is 33.9 Å². The van der Waals surface area contributed by atoms with E-state index in [0.29, 0.717) is 25.5 Å². The van der Waals surface area contributed by atoms with Crippen LogP contribution in [0.2, 0.25) is 0 Å². The minimum atomic E-state index is -0.401. The van der Waals surface area contributed by atoms with Gasteiger partial charge in [0.2, 0.25) is 0 Å². The lowest BCUT2D eigenvalue weighted by Gasteiger charge is -2.11. The van der Waals surface area contributed by atoms with E-state index in [4.69, 9.17) is 9.47 Å². The van der Waals surface area contributed by atoms with Gasteiger partial charge in [-0.1, -0.05) is 6.92 Å². The SMILES string of the molecule is CCCNCc1cc([N+](=O)[O-])ccc1OCCOC. The molecular weight excluding hydrogens is 248 g/mol. The summed E-state index contributed by atoms with van der Waals surface area (Å²) >= 11 is 0. The van der Waals surface area contributed by atoms with Crippen molar-refractivity contribution >= 4 is 5.69 Å². The Balaban J connectivity index is 2.78. The van der Waals surface area contributed by atoms with Crippen molar-refractivity contribution in [3.63, 3.8) is 0 Å². The standard InChI is InChI=1S/C13H20N2O4/c1-3-6-14-10-11-9-12(15(16)17)4-5-13(11)19-8-7-18-2/h4-5,9,14H,3,6-8,10H2,1-2H3. The molecule has 0 spiro atoms. The first-order chi connectivity index (χ1) is 9.19. The smallest absolute Gasteiger partial charge is 0.270 e. The van der Waals surface area contributed by atoms with Crippen LogP contribution in [-0.2, 0) is 11.3 Å². The highest BCUT2D eigenvalue weighted by atomic mass is 16.6. The highest BCUT2D eigenvalue weighted by Gasteiger charge is 2.11. The molecule has 6 heteroatoms. The Kier molecular flexibility index (Phi) is 6.84. The van der Waals surface area contributed by atoms with E-state index in [1.165, 1.54) is 6.07 Å². The summed E-state index contributed by atoms with van der Waals surface area (Å²) in [4.78, 5) is 10.4. The van der Waals surface area contributed by atoms with Crippen LogP contribution in [0.5, 0.6) is 5.75 Å². The molecule has 19 heavy (non-hydrogen) atoms. The highest BCUT2D eigenvalue weighted by Crippen LogP contribution is 2.24. The number of hydrogen-bond donors (Lipinski definition) is 1. The summed E-state index contributed by atoms with van der Waals surface area (Å²) in [6.07, 6.45) is 1.01. The van der Waals surface area contributed by atoms with E-state index in [-0.39, 0.29) is 5.69 Å². The lowest BCUT2D eigenvalue weighted by atomic mass is 10.1. The minimum Gasteiger partial charge on any atom is -0.491 e. The number of hydrogen-bond acceptors (Lipinski definition) is 5. The van der Waals surface area contributed by atoms with Gasteiger partial charge in [0.1, 0.15) is 12.4 Å². The number of benzene rings is 1. The van der Waals surface area contributed by atoms with Gasteiger partial charge in [-0.15, -0.1) is 0 Å². The van der Waals surface area contributed by atoms with Crippen molar-refractivity contribution in [2.45, 2.75) is 19.9 Å². The Labute approximate surface area is 112 Å². The van der Waals surface area contributed by atoms with Crippen molar-refractivity contribution in [3.8, 4) is 5.75 Å². The monoisotopic (exact) mass is 268 g/mol. The maximum atomic E-state index is 10.8. The number of nitrogens with zero attached hydrogens (tertiary/aromatic N) is 1. The van der Waals surface area contributed by atoms with Gasteiger partial charge in [-0.3, -0.25) is 10.1 Å². The second-order valence-electron chi connectivity index (χ2n) is 4.07. The van der Waals surface area contributed by atoms with Gasteiger partial charge in [0, 0.05) is 31.4 Å². The van der Waals surface area contributed by atoms with E-state index in [2.05, 4.69) is 12.2 Å². The average molecular weight is 268 g/mol. The third-order valence-corrected chi connectivity index (χ3v) is 2.54. The number of nitro benzene ring substituents is 1. The summed E-state index contributed by atoms with van der Waals surface area (Å²) < 4.78 is 10.5. The fraction of sp³-hybridized carbons (Fsp3) is 0.538. The number of nitro groups is 1. The third kappa shape index (κ3) is 5.23. The molecule has 0 aliphatic carbocycles. The van der Waals surface area contributed by atoms with Crippen LogP contribution in [0.25, 0.3) is 0 Å². The zero-order valence-electron chi connectivity index (χ0n) is 11.3. The molecule has 0 bridgehead atoms. The minimum absolute atomic E-state index is 0.0763. The molecule has 106 valence electrons. The molecule has 1 N–H and O–H groups in total. The Bertz CT molecular complexity index is 410. The fourth-order valence-electron chi connectivity index (χ4n) is 1.59. The molecule has 1 rings (SSSR count). The van der Waals surface area contributed by atoms with Gasteiger partial charge in [-0.05, 0) is 19.0 Å². The van der Waals surface area contributed by atoms with Crippen LogP contribution in [0.15, 0.2) is 18.2 Å². The summed E-state index contributed by atoms with van der Waals surface area (Å²) in [6, 6.07) is 4.63. The lowest BCUT2D eigenvalue weighted by molar-refractivity contribution is -0.384. The van der Waals surface area contributed by atoms with Crippen molar-refractivity contribution in [1.29, 1.82) is 0 Å². The zero-order valence-corrected chi connectivity index (χ0v) is 11.3. The lowest BCUT2D eigenvalue weighted by Crippen LogP contribution is -2.15.